The Morgan fingerprint density at radius 1 is 0.923 bits per heavy atom. The second-order valence-corrected chi connectivity index (χ2v) is 11.3. The van der Waals surface area contributed by atoms with E-state index in [1.165, 1.54) is 45.4 Å². The van der Waals surface area contributed by atoms with Crippen LogP contribution in [0.1, 0.15) is 27.9 Å². The molecule has 1 atom stereocenters. The van der Waals surface area contributed by atoms with Gasteiger partial charge in [-0.1, -0.05) is 36.4 Å². The summed E-state index contributed by atoms with van der Waals surface area (Å²) in [7, 11) is 2.16. The minimum Gasteiger partial charge on any atom is -0.493 e. The summed E-state index contributed by atoms with van der Waals surface area (Å²) in [6.07, 6.45) is 4.65. The summed E-state index contributed by atoms with van der Waals surface area (Å²) in [6.45, 7) is 0. The Balaban J connectivity index is 1.82. The Hall–Kier alpha value is -3.92. The maximum atomic E-state index is 13.4. The highest BCUT2D eigenvalue weighted by atomic mass is 32.2. The van der Waals surface area contributed by atoms with E-state index in [2.05, 4.69) is 4.98 Å². The summed E-state index contributed by atoms with van der Waals surface area (Å²) >= 11 is 0. The van der Waals surface area contributed by atoms with E-state index in [0.717, 1.165) is 11.1 Å². The molecule has 0 aliphatic heterocycles. The van der Waals surface area contributed by atoms with Crippen molar-refractivity contribution in [3.8, 4) is 17.2 Å². The number of carbonyl (C=O) groups excluding carboxylic acids is 2. The van der Waals surface area contributed by atoms with Crippen molar-refractivity contribution < 1.29 is 32.2 Å². The minimum absolute atomic E-state index is 0.0409. The molecule has 0 aliphatic rings. The van der Waals surface area contributed by atoms with E-state index in [9.17, 15) is 18.0 Å². The van der Waals surface area contributed by atoms with Crippen LogP contribution in [0.25, 0.3) is 0 Å². The number of benzene rings is 2. The van der Waals surface area contributed by atoms with E-state index in [1.54, 1.807) is 12.4 Å². The van der Waals surface area contributed by atoms with Gasteiger partial charge < -0.3 is 19.1 Å². The van der Waals surface area contributed by atoms with Gasteiger partial charge in [0.05, 0.1) is 32.8 Å². The molecule has 0 saturated heterocycles. The zero-order valence-corrected chi connectivity index (χ0v) is 23.4. The number of ether oxygens (including phenoxy) is 3. The van der Waals surface area contributed by atoms with Gasteiger partial charge in [0.1, 0.15) is 0 Å². The number of likely N-dealkylation sites (N-methyl/N-ethyl adjacent to an activating group) is 1. The second kappa shape index (κ2) is 13.7. The van der Waals surface area contributed by atoms with Crippen LogP contribution in [-0.2, 0) is 27.5 Å². The number of Topliss-reactive ketones (excluding diaryl/α,β-unsaturated/α-hetero) is 1. The van der Waals surface area contributed by atoms with Gasteiger partial charge in [-0.25, -0.2) is 8.42 Å². The molecule has 39 heavy (non-hydrogen) atoms. The minimum atomic E-state index is -3.55. The lowest BCUT2D eigenvalue weighted by atomic mass is 10.0. The van der Waals surface area contributed by atoms with Crippen LogP contribution in [0.5, 0.6) is 17.2 Å². The molecule has 10 heteroatoms. The molecular weight excluding hydrogens is 520 g/mol. The molecule has 0 saturated carbocycles. The van der Waals surface area contributed by atoms with Crippen LogP contribution in [0.2, 0.25) is 0 Å². The average molecular weight is 555 g/mol. The number of sulfone groups is 1. The number of aryl methyl sites for hydroxylation is 1. The average Bonchev–Trinajstić information content (AvgIpc) is 2.95. The number of nitrogens with zero attached hydrogens (tertiary/aromatic N) is 2. The highest BCUT2D eigenvalue weighted by Crippen LogP contribution is 2.38. The molecule has 0 N–H and O–H groups in total. The van der Waals surface area contributed by atoms with E-state index in [4.69, 9.17) is 14.2 Å². The van der Waals surface area contributed by atoms with Gasteiger partial charge in [-0.3, -0.25) is 14.6 Å². The first-order chi connectivity index (χ1) is 18.7. The quantitative estimate of drug-likeness (QED) is 0.220. The largest absolute Gasteiger partial charge is 0.493 e. The van der Waals surface area contributed by atoms with Crippen molar-refractivity contribution in [1.82, 2.24) is 9.88 Å². The van der Waals surface area contributed by atoms with Gasteiger partial charge in [0, 0.05) is 31.0 Å². The van der Waals surface area contributed by atoms with Crippen molar-refractivity contribution in [2.75, 3.05) is 39.9 Å². The lowest BCUT2D eigenvalue weighted by Gasteiger charge is -2.28. The number of amides is 1. The highest BCUT2D eigenvalue weighted by Gasteiger charge is 2.31. The molecule has 3 rings (SSSR count). The van der Waals surface area contributed by atoms with Crippen molar-refractivity contribution in [1.29, 1.82) is 0 Å². The Morgan fingerprint density at radius 2 is 1.56 bits per heavy atom. The van der Waals surface area contributed by atoms with Crippen molar-refractivity contribution in [3.63, 3.8) is 0 Å². The Morgan fingerprint density at radius 3 is 2.13 bits per heavy atom. The fourth-order valence-electron chi connectivity index (χ4n) is 4.27. The van der Waals surface area contributed by atoms with Gasteiger partial charge >= 0.3 is 0 Å². The van der Waals surface area contributed by atoms with Gasteiger partial charge in [-0.05, 0) is 48.6 Å². The van der Waals surface area contributed by atoms with Gasteiger partial charge in [0.25, 0.3) is 11.7 Å². The smallest absolute Gasteiger partial charge is 0.294 e. The maximum absolute atomic E-state index is 13.4. The number of carbonyl (C=O) groups is 2. The third kappa shape index (κ3) is 8.03. The monoisotopic (exact) mass is 554 g/mol. The van der Waals surface area contributed by atoms with Crippen LogP contribution < -0.4 is 14.2 Å². The number of methoxy groups -OCH3 is 3. The molecule has 0 fully saturated rings. The molecule has 0 unspecified atom stereocenters. The van der Waals surface area contributed by atoms with E-state index in [0.29, 0.717) is 12.8 Å². The molecule has 0 bridgehead atoms. The predicted octanol–water partition coefficient (Wildman–Crippen LogP) is 3.41. The molecule has 208 valence electrons. The van der Waals surface area contributed by atoms with E-state index in [-0.39, 0.29) is 40.7 Å². The lowest BCUT2D eigenvalue weighted by Crippen LogP contribution is -2.46. The van der Waals surface area contributed by atoms with Crippen LogP contribution in [0.3, 0.4) is 0 Å². The Bertz CT molecular complexity index is 1340. The van der Waals surface area contributed by atoms with Crippen LogP contribution >= 0.6 is 0 Å². The highest BCUT2D eigenvalue weighted by molar-refractivity contribution is 7.91. The third-order valence-electron chi connectivity index (χ3n) is 6.39. The first-order valence-corrected chi connectivity index (χ1v) is 14.3. The third-order valence-corrected chi connectivity index (χ3v) is 8.20. The Labute approximate surface area is 229 Å². The van der Waals surface area contributed by atoms with E-state index >= 15 is 0 Å². The number of aromatic nitrogens is 1. The van der Waals surface area contributed by atoms with Crippen molar-refractivity contribution >= 4 is 21.5 Å². The first kappa shape index (κ1) is 29.6. The molecule has 3 aromatic rings. The van der Waals surface area contributed by atoms with Crippen LogP contribution in [0.15, 0.2) is 67.0 Å². The zero-order chi connectivity index (χ0) is 28.4. The van der Waals surface area contributed by atoms with Gasteiger partial charge in [-0.2, -0.15) is 0 Å². The van der Waals surface area contributed by atoms with Crippen LogP contribution in [-0.4, -0.2) is 75.9 Å². The summed E-state index contributed by atoms with van der Waals surface area (Å²) < 4.78 is 42.2. The zero-order valence-electron chi connectivity index (χ0n) is 22.6. The first-order valence-electron chi connectivity index (χ1n) is 12.4. The van der Waals surface area contributed by atoms with Gasteiger partial charge in [0.15, 0.2) is 21.3 Å². The number of hydrogen-bond acceptors (Lipinski definition) is 8. The second-order valence-electron chi connectivity index (χ2n) is 9.08. The van der Waals surface area contributed by atoms with Crippen molar-refractivity contribution in [2.45, 2.75) is 25.3 Å². The summed E-state index contributed by atoms with van der Waals surface area (Å²) in [5.41, 5.74) is 1.85. The van der Waals surface area contributed by atoms with Gasteiger partial charge in [-0.15, -0.1) is 0 Å². The molecule has 1 aromatic heterocycles. The van der Waals surface area contributed by atoms with E-state index in [1.807, 2.05) is 42.5 Å². The molecule has 9 nitrogen and oxygen atoms in total. The summed E-state index contributed by atoms with van der Waals surface area (Å²) in [6, 6.07) is 15.0. The number of rotatable bonds is 14. The standard InChI is InChI=1S/C29H34N2O7S/c1-31(29(33)27(32)23-17-25(36-2)28(38-4)26(18-23)37-3)24(16-21-10-6-5-7-11-21)20-39(34,35)15-9-13-22-12-8-14-30-19-22/h5-8,10-12,14,17-19,24H,9,13,15-16,20H2,1-4H3/t24-/m0/s1. The van der Waals surface area contributed by atoms with Gasteiger partial charge in [0.2, 0.25) is 5.75 Å². The normalized spacial score (nSPS) is 11.9. The molecule has 0 spiro atoms. The summed E-state index contributed by atoms with van der Waals surface area (Å²) in [4.78, 5) is 31.9. The van der Waals surface area contributed by atoms with Crippen molar-refractivity contribution in [2.24, 2.45) is 0 Å². The molecule has 0 aliphatic carbocycles. The van der Waals surface area contributed by atoms with Crippen molar-refractivity contribution in [3.05, 3.63) is 83.7 Å². The number of ketones is 1. The fourth-order valence-corrected chi connectivity index (χ4v) is 5.95. The SMILES string of the molecule is COc1cc(C(=O)C(=O)N(C)[C@@H](Cc2ccccc2)CS(=O)(=O)CCCc2cccnc2)cc(OC)c1OC. The number of pyridine rings is 1. The molecular formula is C29H34N2O7S. The maximum Gasteiger partial charge on any atom is 0.294 e. The van der Waals surface area contributed by atoms with Crippen LogP contribution in [0, 0.1) is 0 Å². The van der Waals surface area contributed by atoms with E-state index < -0.39 is 27.6 Å². The molecule has 2 aromatic carbocycles. The molecule has 0 radical (unpaired) electrons. The fraction of sp³-hybridized carbons (Fsp3) is 0.345. The lowest BCUT2D eigenvalue weighted by molar-refractivity contribution is -0.126. The summed E-state index contributed by atoms with van der Waals surface area (Å²) in [5.74, 6) is -1.23. The molecule has 1 heterocycles. The number of hydrogen-bond donors (Lipinski definition) is 0. The molecule has 1 amide bonds. The topological polar surface area (TPSA) is 112 Å². The predicted molar refractivity (Wildman–Crippen MR) is 148 cm³/mol. The Kier molecular flexibility index (Phi) is 10.4. The van der Waals surface area contributed by atoms with Crippen LogP contribution in [0.4, 0.5) is 0 Å². The summed E-state index contributed by atoms with van der Waals surface area (Å²) in [5, 5.41) is 0.